The lowest BCUT2D eigenvalue weighted by molar-refractivity contribution is -0.116. The average Bonchev–Trinajstić information content (AvgIpc) is 2.75. The van der Waals surface area contributed by atoms with Crippen LogP contribution in [0.5, 0.6) is 0 Å². The van der Waals surface area contributed by atoms with Crippen molar-refractivity contribution < 1.29 is 4.79 Å². The van der Waals surface area contributed by atoms with Crippen molar-refractivity contribution in [1.29, 1.82) is 0 Å². The number of hydrogen-bond acceptors (Lipinski definition) is 1. The van der Waals surface area contributed by atoms with Gasteiger partial charge in [0.15, 0.2) is 0 Å². The highest BCUT2D eigenvalue weighted by Gasteiger charge is 2.29. The van der Waals surface area contributed by atoms with Gasteiger partial charge in [-0.05, 0) is 30.2 Å². The van der Waals surface area contributed by atoms with Gasteiger partial charge in [-0.2, -0.15) is 0 Å². The van der Waals surface area contributed by atoms with Gasteiger partial charge >= 0.3 is 0 Å². The lowest BCUT2D eigenvalue weighted by atomic mass is 10.1. The molecule has 1 aliphatic heterocycles. The summed E-state index contributed by atoms with van der Waals surface area (Å²) < 4.78 is 0. The third kappa shape index (κ3) is 2.06. The highest BCUT2D eigenvalue weighted by molar-refractivity contribution is 6.12. The van der Waals surface area contributed by atoms with Crippen LogP contribution in [-0.4, -0.2) is 5.91 Å². The Kier molecular flexibility index (Phi) is 2.92. The number of rotatable bonds is 2. The van der Waals surface area contributed by atoms with Crippen LogP contribution < -0.4 is 4.90 Å². The summed E-state index contributed by atoms with van der Waals surface area (Å²) in [6.45, 7) is 2.03. The van der Waals surface area contributed by atoms with Crippen LogP contribution >= 0.6 is 0 Å². The first-order valence-corrected chi connectivity index (χ1v) is 6.40. The average molecular weight is 249 g/mol. The fourth-order valence-corrected chi connectivity index (χ4v) is 2.53. The van der Waals surface area contributed by atoms with Gasteiger partial charge in [0.1, 0.15) is 0 Å². The smallest absolute Gasteiger partial charge is 0.235 e. The number of anilines is 1. The molecule has 2 nitrogen and oxygen atoms in total. The van der Waals surface area contributed by atoms with Gasteiger partial charge in [-0.1, -0.05) is 48.5 Å². The van der Waals surface area contributed by atoms with Crippen LogP contribution in [0.25, 0.3) is 5.70 Å². The maximum Gasteiger partial charge on any atom is 0.235 e. The summed E-state index contributed by atoms with van der Waals surface area (Å²) in [5, 5.41) is 0. The SMILES string of the molecule is CC1=C(c2ccccc2)N(c2ccccc2)C(=O)C1. The Labute approximate surface area is 113 Å². The number of benzene rings is 2. The van der Waals surface area contributed by atoms with Gasteiger partial charge in [-0.25, -0.2) is 0 Å². The molecular weight excluding hydrogens is 234 g/mol. The quantitative estimate of drug-likeness (QED) is 0.791. The summed E-state index contributed by atoms with van der Waals surface area (Å²) in [7, 11) is 0. The molecule has 2 aromatic rings. The highest BCUT2D eigenvalue weighted by atomic mass is 16.2. The van der Waals surface area contributed by atoms with Crippen LogP contribution in [-0.2, 0) is 4.79 Å². The fourth-order valence-electron chi connectivity index (χ4n) is 2.53. The van der Waals surface area contributed by atoms with Gasteiger partial charge in [0, 0.05) is 5.69 Å². The van der Waals surface area contributed by atoms with E-state index in [1.807, 2.05) is 72.5 Å². The number of carbonyl (C=O) groups excluding carboxylic acids is 1. The highest BCUT2D eigenvalue weighted by Crippen LogP contribution is 2.35. The Morgan fingerprint density at radius 1 is 0.895 bits per heavy atom. The number of para-hydroxylation sites is 1. The second kappa shape index (κ2) is 4.73. The van der Waals surface area contributed by atoms with Crippen LogP contribution in [0.4, 0.5) is 5.69 Å². The van der Waals surface area contributed by atoms with Gasteiger partial charge in [-0.3, -0.25) is 9.69 Å². The molecule has 1 heterocycles. The molecule has 0 saturated carbocycles. The van der Waals surface area contributed by atoms with Crippen molar-refractivity contribution in [2.24, 2.45) is 0 Å². The van der Waals surface area contributed by atoms with E-state index in [1.165, 1.54) is 0 Å². The monoisotopic (exact) mass is 249 g/mol. The first kappa shape index (κ1) is 11.7. The Balaban J connectivity index is 2.11. The second-order valence-corrected chi connectivity index (χ2v) is 4.74. The third-order valence-corrected chi connectivity index (χ3v) is 3.36. The third-order valence-electron chi connectivity index (χ3n) is 3.36. The molecular formula is C17H15NO. The molecule has 1 aliphatic rings. The molecule has 0 radical (unpaired) electrons. The van der Waals surface area contributed by atoms with Crippen molar-refractivity contribution in [1.82, 2.24) is 0 Å². The normalized spacial score (nSPS) is 15.2. The summed E-state index contributed by atoms with van der Waals surface area (Å²) in [6, 6.07) is 19.9. The fraction of sp³-hybridized carbons (Fsp3) is 0.118. The van der Waals surface area contributed by atoms with Crippen molar-refractivity contribution in [3.8, 4) is 0 Å². The number of carbonyl (C=O) groups is 1. The van der Waals surface area contributed by atoms with E-state index in [0.29, 0.717) is 6.42 Å². The molecule has 0 atom stereocenters. The van der Waals surface area contributed by atoms with Crippen LogP contribution in [0.15, 0.2) is 66.2 Å². The van der Waals surface area contributed by atoms with E-state index >= 15 is 0 Å². The van der Waals surface area contributed by atoms with Crippen molar-refractivity contribution in [3.05, 3.63) is 71.8 Å². The number of amides is 1. The molecule has 3 rings (SSSR count). The van der Waals surface area contributed by atoms with Gasteiger partial charge in [0.05, 0.1) is 12.1 Å². The first-order valence-electron chi connectivity index (χ1n) is 6.40. The topological polar surface area (TPSA) is 20.3 Å². The summed E-state index contributed by atoms with van der Waals surface area (Å²) >= 11 is 0. The maximum atomic E-state index is 12.3. The second-order valence-electron chi connectivity index (χ2n) is 4.74. The van der Waals surface area contributed by atoms with Gasteiger partial charge in [-0.15, -0.1) is 0 Å². The first-order chi connectivity index (χ1) is 9.27. The van der Waals surface area contributed by atoms with Crippen molar-refractivity contribution in [2.75, 3.05) is 4.90 Å². The molecule has 2 aromatic carbocycles. The lowest BCUT2D eigenvalue weighted by Gasteiger charge is -2.21. The van der Waals surface area contributed by atoms with Crippen molar-refractivity contribution in [2.45, 2.75) is 13.3 Å². The number of nitrogens with zero attached hydrogens (tertiary/aromatic N) is 1. The van der Waals surface area contributed by atoms with E-state index in [1.54, 1.807) is 0 Å². The number of hydrogen-bond donors (Lipinski definition) is 0. The summed E-state index contributed by atoms with van der Waals surface area (Å²) in [5.74, 6) is 0.141. The van der Waals surface area contributed by atoms with Crippen LogP contribution in [0.2, 0.25) is 0 Å². The Hall–Kier alpha value is -2.35. The molecule has 0 saturated heterocycles. The summed E-state index contributed by atoms with van der Waals surface area (Å²) in [4.78, 5) is 14.1. The molecule has 2 heteroatoms. The van der Waals surface area contributed by atoms with Crippen LogP contribution in [0.1, 0.15) is 18.9 Å². The van der Waals surface area contributed by atoms with Crippen molar-refractivity contribution >= 4 is 17.3 Å². The summed E-state index contributed by atoms with van der Waals surface area (Å²) in [5.41, 5.74) is 4.18. The van der Waals surface area contributed by atoms with Gasteiger partial charge in [0.25, 0.3) is 0 Å². The minimum absolute atomic E-state index is 0.141. The Morgan fingerprint density at radius 3 is 2.11 bits per heavy atom. The van der Waals surface area contributed by atoms with Crippen molar-refractivity contribution in [3.63, 3.8) is 0 Å². The lowest BCUT2D eigenvalue weighted by Crippen LogP contribution is -2.23. The zero-order valence-corrected chi connectivity index (χ0v) is 10.8. The molecule has 0 aromatic heterocycles. The minimum atomic E-state index is 0.141. The molecule has 0 aliphatic carbocycles. The van der Waals surface area contributed by atoms with E-state index in [-0.39, 0.29) is 5.91 Å². The Bertz CT molecular complexity index is 629. The predicted octanol–water partition coefficient (Wildman–Crippen LogP) is 3.85. The molecule has 0 fully saturated rings. The van der Waals surface area contributed by atoms with E-state index in [4.69, 9.17) is 0 Å². The Morgan fingerprint density at radius 2 is 1.47 bits per heavy atom. The van der Waals surface area contributed by atoms with Crippen LogP contribution in [0.3, 0.4) is 0 Å². The molecule has 0 N–H and O–H groups in total. The van der Waals surface area contributed by atoms with Gasteiger partial charge in [0.2, 0.25) is 5.91 Å². The summed E-state index contributed by atoms with van der Waals surface area (Å²) in [6.07, 6.45) is 0.499. The molecule has 0 unspecified atom stereocenters. The zero-order valence-electron chi connectivity index (χ0n) is 10.8. The largest absolute Gasteiger partial charge is 0.280 e. The van der Waals surface area contributed by atoms with Gasteiger partial charge < -0.3 is 0 Å². The molecule has 0 spiro atoms. The molecule has 0 bridgehead atoms. The van der Waals surface area contributed by atoms with E-state index in [2.05, 4.69) is 0 Å². The minimum Gasteiger partial charge on any atom is -0.280 e. The zero-order chi connectivity index (χ0) is 13.2. The van der Waals surface area contributed by atoms with Crippen LogP contribution in [0, 0.1) is 0 Å². The van der Waals surface area contributed by atoms with E-state index < -0.39 is 0 Å². The predicted molar refractivity (Wildman–Crippen MR) is 77.6 cm³/mol. The maximum absolute atomic E-state index is 12.3. The van der Waals surface area contributed by atoms with E-state index in [9.17, 15) is 4.79 Å². The van der Waals surface area contributed by atoms with E-state index in [0.717, 1.165) is 22.5 Å². The molecule has 19 heavy (non-hydrogen) atoms. The molecule has 94 valence electrons. The standard InChI is InChI=1S/C17H15NO/c1-13-12-16(19)18(15-10-6-3-7-11-15)17(13)14-8-4-2-5-9-14/h2-11H,12H2,1H3. The molecule has 1 amide bonds.